The molecule has 1 saturated heterocycles. The lowest BCUT2D eigenvalue weighted by Gasteiger charge is -2.25. The Hall–Kier alpha value is -1.08. The summed E-state index contributed by atoms with van der Waals surface area (Å²) in [5, 5.41) is 8.73. The summed E-state index contributed by atoms with van der Waals surface area (Å²) in [5.41, 5.74) is 0. The Bertz CT molecular complexity index is 286. The second-order valence-electron chi connectivity index (χ2n) is 3.62. The van der Waals surface area contributed by atoms with Crippen LogP contribution in [0.25, 0.3) is 0 Å². The Balaban J connectivity index is 2.71. The SMILES string of the molecule is CN1C(=O)CC(N(CCO)CC(F)F)C1=O. The van der Waals surface area contributed by atoms with Gasteiger partial charge in [0.25, 0.3) is 6.43 Å². The Morgan fingerprint density at radius 1 is 1.56 bits per heavy atom. The molecule has 5 nitrogen and oxygen atoms in total. The molecule has 1 unspecified atom stereocenters. The summed E-state index contributed by atoms with van der Waals surface area (Å²) >= 11 is 0. The van der Waals surface area contributed by atoms with Crippen LogP contribution in [-0.2, 0) is 9.59 Å². The lowest BCUT2D eigenvalue weighted by atomic mass is 10.2. The van der Waals surface area contributed by atoms with Gasteiger partial charge >= 0.3 is 0 Å². The van der Waals surface area contributed by atoms with Crippen molar-refractivity contribution in [2.45, 2.75) is 18.9 Å². The molecule has 0 aliphatic carbocycles. The van der Waals surface area contributed by atoms with Crippen molar-refractivity contribution < 1.29 is 23.5 Å². The van der Waals surface area contributed by atoms with E-state index in [2.05, 4.69) is 0 Å². The van der Waals surface area contributed by atoms with Crippen molar-refractivity contribution >= 4 is 11.8 Å². The minimum absolute atomic E-state index is 0.0398. The predicted molar refractivity (Wildman–Crippen MR) is 50.8 cm³/mol. The van der Waals surface area contributed by atoms with Gasteiger partial charge in [-0.1, -0.05) is 0 Å². The van der Waals surface area contributed by atoms with Crippen molar-refractivity contribution in [2.24, 2.45) is 0 Å². The number of aliphatic hydroxyl groups excluding tert-OH is 1. The summed E-state index contributed by atoms with van der Waals surface area (Å²) in [7, 11) is 1.32. The monoisotopic (exact) mass is 236 g/mol. The number of hydrogen-bond acceptors (Lipinski definition) is 4. The standard InChI is InChI=1S/C9H14F2N2O3/c1-12-8(15)4-6(9(12)16)13(2-3-14)5-7(10)11/h6-7,14H,2-5H2,1H3. The maximum Gasteiger partial charge on any atom is 0.251 e. The largest absolute Gasteiger partial charge is 0.395 e. The Kier molecular flexibility index (Phi) is 4.31. The first-order valence-corrected chi connectivity index (χ1v) is 4.90. The van der Waals surface area contributed by atoms with Gasteiger partial charge in [-0.2, -0.15) is 0 Å². The number of imide groups is 1. The van der Waals surface area contributed by atoms with E-state index in [1.807, 2.05) is 0 Å². The fourth-order valence-electron chi connectivity index (χ4n) is 1.70. The number of likely N-dealkylation sites (N-methyl/N-ethyl adjacent to an activating group) is 1. The molecular weight excluding hydrogens is 222 g/mol. The van der Waals surface area contributed by atoms with Crippen molar-refractivity contribution in [2.75, 3.05) is 26.7 Å². The molecule has 1 rings (SSSR count). The molecule has 0 aromatic carbocycles. The van der Waals surface area contributed by atoms with Crippen LogP contribution in [0.4, 0.5) is 8.78 Å². The average molecular weight is 236 g/mol. The Morgan fingerprint density at radius 3 is 2.56 bits per heavy atom. The van der Waals surface area contributed by atoms with Gasteiger partial charge in [0, 0.05) is 13.6 Å². The lowest BCUT2D eigenvalue weighted by molar-refractivity contribution is -0.138. The van der Waals surface area contributed by atoms with Crippen molar-refractivity contribution in [1.82, 2.24) is 9.80 Å². The number of aliphatic hydroxyl groups is 1. The zero-order valence-electron chi connectivity index (χ0n) is 8.90. The number of amides is 2. The zero-order valence-corrected chi connectivity index (χ0v) is 8.90. The van der Waals surface area contributed by atoms with Crippen molar-refractivity contribution in [3.05, 3.63) is 0 Å². The maximum atomic E-state index is 12.2. The van der Waals surface area contributed by atoms with Crippen LogP contribution in [0.2, 0.25) is 0 Å². The molecule has 2 amide bonds. The Labute approximate surface area is 91.6 Å². The second-order valence-corrected chi connectivity index (χ2v) is 3.62. The van der Waals surface area contributed by atoms with E-state index in [0.29, 0.717) is 0 Å². The fourth-order valence-corrected chi connectivity index (χ4v) is 1.70. The first-order valence-electron chi connectivity index (χ1n) is 4.90. The van der Waals surface area contributed by atoms with Crippen LogP contribution in [0.1, 0.15) is 6.42 Å². The first kappa shape index (κ1) is 13.0. The fraction of sp³-hybridized carbons (Fsp3) is 0.778. The van der Waals surface area contributed by atoms with E-state index in [9.17, 15) is 18.4 Å². The molecule has 16 heavy (non-hydrogen) atoms. The summed E-state index contributed by atoms with van der Waals surface area (Å²) in [6.07, 6.45) is -2.69. The van der Waals surface area contributed by atoms with Crippen molar-refractivity contribution in [3.8, 4) is 0 Å². The highest BCUT2D eigenvalue weighted by molar-refractivity contribution is 6.05. The van der Waals surface area contributed by atoms with Gasteiger partial charge in [0.15, 0.2) is 0 Å². The van der Waals surface area contributed by atoms with E-state index in [4.69, 9.17) is 5.11 Å². The molecular formula is C9H14F2N2O3. The highest BCUT2D eigenvalue weighted by atomic mass is 19.3. The number of nitrogens with zero attached hydrogens (tertiary/aromatic N) is 2. The zero-order chi connectivity index (χ0) is 12.3. The molecule has 92 valence electrons. The molecule has 1 fully saturated rings. The number of alkyl halides is 2. The number of rotatable bonds is 5. The van der Waals surface area contributed by atoms with Crippen LogP contribution in [0, 0.1) is 0 Å². The highest BCUT2D eigenvalue weighted by Gasteiger charge is 2.40. The topological polar surface area (TPSA) is 60.9 Å². The number of halogens is 2. The minimum Gasteiger partial charge on any atom is -0.395 e. The molecule has 0 spiro atoms. The van der Waals surface area contributed by atoms with Crippen LogP contribution in [0.5, 0.6) is 0 Å². The van der Waals surface area contributed by atoms with Crippen molar-refractivity contribution in [1.29, 1.82) is 0 Å². The third-order valence-electron chi connectivity index (χ3n) is 2.56. The van der Waals surface area contributed by atoms with Gasteiger partial charge in [-0.3, -0.25) is 19.4 Å². The number of carbonyl (C=O) groups excluding carboxylic acids is 2. The molecule has 1 atom stereocenters. The number of hydrogen-bond donors (Lipinski definition) is 1. The van der Waals surface area contributed by atoms with Crippen LogP contribution in [0.15, 0.2) is 0 Å². The predicted octanol–water partition coefficient (Wildman–Crippen LogP) is -0.697. The third kappa shape index (κ3) is 2.73. The van der Waals surface area contributed by atoms with E-state index in [0.717, 1.165) is 9.80 Å². The minimum atomic E-state index is -2.60. The Morgan fingerprint density at radius 2 is 2.19 bits per heavy atom. The van der Waals surface area contributed by atoms with Gasteiger partial charge < -0.3 is 5.11 Å². The molecule has 0 aromatic rings. The van der Waals surface area contributed by atoms with Crippen LogP contribution in [0.3, 0.4) is 0 Å². The molecule has 1 aliphatic heterocycles. The number of likely N-dealkylation sites (tertiary alicyclic amines) is 1. The third-order valence-corrected chi connectivity index (χ3v) is 2.56. The molecule has 1 heterocycles. The summed E-state index contributed by atoms with van der Waals surface area (Å²) < 4.78 is 24.5. The van der Waals surface area contributed by atoms with Crippen LogP contribution >= 0.6 is 0 Å². The molecule has 0 radical (unpaired) electrons. The molecule has 0 aromatic heterocycles. The van der Waals surface area contributed by atoms with E-state index in [1.54, 1.807) is 0 Å². The van der Waals surface area contributed by atoms with E-state index in [1.165, 1.54) is 7.05 Å². The van der Waals surface area contributed by atoms with E-state index < -0.39 is 24.9 Å². The van der Waals surface area contributed by atoms with Gasteiger partial charge in [-0.15, -0.1) is 0 Å². The molecule has 1 aliphatic rings. The summed E-state index contributed by atoms with van der Waals surface area (Å²) in [6, 6.07) is -0.862. The summed E-state index contributed by atoms with van der Waals surface area (Å²) in [4.78, 5) is 24.8. The normalized spacial score (nSPS) is 21.6. The van der Waals surface area contributed by atoms with Gasteiger partial charge in [-0.05, 0) is 0 Å². The molecule has 7 heteroatoms. The van der Waals surface area contributed by atoms with Gasteiger partial charge in [-0.25, -0.2) is 8.78 Å². The molecule has 0 bridgehead atoms. The van der Waals surface area contributed by atoms with Gasteiger partial charge in [0.2, 0.25) is 11.8 Å². The van der Waals surface area contributed by atoms with Crippen molar-refractivity contribution in [3.63, 3.8) is 0 Å². The average Bonchev–Trinajstić information content (AvgIpc) is 2.45. The molecule has 1 N–H and O–H groups in total. The summed E-state index contributed by atoms with van der Waals surface area (Å²) in [5.74, 6) is -0.869. The molecule has 0 saturated carbocycles. The lowest BCUT2D eigenvalue weighted by Crippen LogP contribution is -2.44. The quantitative estimate of drug-likeness (QED) is 0.641. The summed E-state index contributed by atoms with van der Waals surface area (Å²) in [6.45, 7) is -0.978. The maximum absolute atomic E-state index is 12.2. The first-order chi connectivity index (χ1) is 7.47. The van der Waals surface area contributed by atoms with Gasteiger partial charge in [0.05, 0.1) is 25.6 Å². The van der Waals surface area contributed by atoms with Crippen LogP contribution in [-0.4, -0.2) is 65.9 Å². The van der Waals surface area contributed by atoms with E-state index in [-0.39, 0.29) is 25.5 Å². The van der Waals surface area contributed by atoms with E-state index >= 15 is 0 Å². The van der Waals surface area contributed by atoms with Crippen LogP contribution < -0.4 is 0 Å². The smallest absolute Gasteiger partial charge is 0.251 e. The highest BCUT2D eigenvalue weighted by Crippen LogP contribution is 2.17. The number of carbonyl (C=O) groups is 2. The van der Waals surface area contributed by atoms with Gasteiger partial charge in [0.1, 0.15) is 0 Å². The second kappa shape index (κ2) is 5.31.